The molecule has 0 bridgehead atoms. The number of nitrogen functional groups attached to an aromatic ring is 1. The Balaban J connectivity index is 0.962. The van der Waals surface area contributed by atoms with Gasteiger partial charge < -0.3 is 42.6 Å². The normalized spacial score (nSPS) is 25.5. The van der Waals surface area contributed by atoms with Crippen LogP contribution in [-0.4, -0.2) is 65.3 Å². The lowest BCUT2D eigenvalue weighted by Crippen LogP contribution is -2.58. The van der Waals surface area contributed by atoms with Crippen LogP contribution in [0.2, 0.25) is 0 Å². The van der Waals surface area contributed by atoms with E-state index in [1.807, 2.05) is 32.0 Å². The molecular formula is C53H69N7O9. The van der Waals surface area contributed by atoms with Crippen LogP contribution in [0, 0.1) is 28.6 Å². The summed E-state index contributed by atoms with van der Waals surface area (Å²) in [5, 5.41) is 23.0. The Morgan fingerprint density at radius 1 is 0.783 bits per heavy atom. The Hall–Kier alpha value is -6.29. The molecule has 3 aromatic rings. The highest BCUT2D eigenvalue weighted by Gasteiger charge is 2.57. The summed E-state index contributed by atoms with van der Waals surface area (Å²) in [5.41, 5.74) is 17.2. The van der Waals surface area contributed by atoms with Gasteiger partial charge in [-0.05, 0) is 151 Å². The molecule has 2 fully saturated rings. The van der Waals surface area contributed by atoms with Crippen LogP contribution in [0.5, 0.6) is 0 Å². The zero-order chi connectivity index (χ0) is 49.8. The molecular weight excluding hydrogens is 879 g/mol. The molecule has 8 atom stereocenters. The average molecular weight is 948 g/mol. The summed E-state index contributed by atoms with van der Waals surface area (Å²) in [7, 11) is 0. The van der Waals surface area contributed by atoms with Crippen molar-refractivity contribution in [1.29, 1.82) is 0 Å². The van der Waals surface area contributed by atoms with E-state index in [9.17, 15) is 38.7 Å². The number of ether oxygens (including phenoxy) is 1. The van der Waals surface area contributed by atoms with E-state index in [1.54, 1.807) is 44.2 Å². The van der Waals surface area contributed by atoms with Crippen molar-refractivity contribution in [2.45, 2.75) is 142 Å². The molecule has 16 heteroatoms. The largest absolute Gasteiger partial charge is 0.481 e. The predicted octanol–water partition coefficient (Wildman–Crippen LogP) is 6.59. The Bertz CT molecular complexity index is 2480. The first kappa shape index (κ1) is 50.6. The van der Waals surface area contributed by atoms with Gasteiger partial charge in [0.25, 0.3) is 0 Å². The standard InChI is InChI=1S/C53H69N7O9/c1-30(2)45(55)47(65)56-28-43(61)57-35-16-9-31(10-17-35)29-69-50(68)59-41(20-22-44(62)63)46(64)58-36-18-12-32-13-19-39-37(38(32)27-36)8-6-23-52(39,4)48(66)60-49(67)53(5)25-7-24-51(3)40-26-34(54)15-11-33(40)14-21-42(51)53/h9-12,15-18,26-27,30,37,39,41-42,45H,6-8,13-14,19-25,28-29,54-55H2,1-5H3,(H,56,65)(H,57,61)(H,58,64)(H,59,68)(H,62,63)(H,60,66,67)/t37?,39?,41?,42?,45?,51?,52?,53-/m0/s1. The zero-order valence-corrected chi connectivity index (χ0v) is 40.5. The number of carboxylic acids is 1. The minimum Gasteiger partial charge on any atom is -0.481 e. The molecule has 0 aromatic heterocycles. The summed E-state index contributed by atoms with van der Waals surface area (Å²) in [5.74, 6) is -3.13. The number of hydrogen-bond donors (Lipinski definition) is 8. The van der Waals surface area contributed by atoms with Crippen molar-refractivity contribution in [3.05, 3.63) is 88.5 Å². The monoisotopic (exact) mass is 948 g/mol. The Morgan fingerprint density at radius 2 is 1.46 bits per heavy atom. The van der Waals surface area contributed by atoms with Gasteiger partial charge in [-0.2, -0.15) is 0 Å². The van der Waals surface area contributed by atoms with Crippen LogP contribution < -0.4 is 38.1 Å². The number of alkyl carbamates (subject to hydrolysis) is 1. The number of nitrogens with two attached hydrogens (primary N) is 2. The number of amides is 6. The molecule has 0 aliphatic heterocycles. The smallest absolute Gasteiger partial charge is 0.408 e. The van der Waals surface area contributed by atoms with Crippen molar-refractivity contribution < 1.29 is 43.4 Å². The van der Waals surface area contributed by atoms with Gasteiger partial charge in [0, 0.05) is 23.5 Å². The highest BCUT2D eigenvalue weighted by atomic mass is 16.5. The number of aliphatic carboxylic acids is 1. The fourth-order valence-corrected chi connectivity index (χ4v) is 12.0. The number of fused-ring (bicyclic) bond motifs is 6. The molecule has 0 heterocycles. The lowest BCUT2D eigenvalue weighted by Gasteiger charge is -2.55. The first-order valence-electron chi connectivity index (χ1n) is 24.5. The van der Waals surface area contributed by atoms with E-state index in [0.717, 1.165) is 68.2 Å². The lowest BCUT2D eigenvalue weighted by molar-refractivity contribution is -0.149. The van der Waals surface area contributed by atoms with Crippen LogP contribution in [-0.2, 0) is 58.4 Å². The second-order valence-electron chi connectivity index (χ2n) is 20.9. The minimum absolute atomic E-state index is 0.00186. The molecule has 7 rings (SSSR count). The number of imide groups is 1. The fraction of sp³-hybridized carbons (Fsp3) is 0.528. The van der Waals surface area contributed by atoms with Crippen LogP contribution in [0.25, 0.3) is 0 Å². The van der Waals surface area contributed by atoms with Gasteiger partial charge in [-0.25, -0.2) is 4.79 Å². The molecule has 69 heavy (non-hydrogen) atoms. The van der Waals surface area contributed by atoms with Crippen molar-refractivity contribution in [2.24, 2.45) is 34.3 Å². The molecule has 2 saturated carbocycles. The van der Waals surface area contributed by atoms with E-state index >= 15 is 0 Å². The number of aryl methyl sites for hydroxylation is 2. The maximum Gasteiger partial charge on any atom is 0.408 e. The summed E-state index contributed by atoms with van der Waals surface area (Å²) in [4.78, 5) is 91.9. The van der Waals surface area contributed by atoms with E-state index in [4.69, 9.17) is 16.2 Å². The summed E-state index contributed by atoms with van der Waals surface area (Å²) >= 11 is 0. The number of carbonyl (C=O) groups excluding carboxylic acids is 6. The molecule has 0 spiro atoms. The van der Waals surface area contributed by atoms with Crippen molar-refractivity contribution in [1.82, 2.24) is 16.0 Å². The lowest BCUT2D eigenvalue weighted by atomic mass is 9.49. The van der Waals surface area contributed by atoms with E-state index in [1.165, 1.54) is 11.1 Å². The van der Waals surface area contributed by atoms with Crippen molar-refractivity contribution in [3.8, 4) is 0 Å². The van der Waals surface area contributed by atoms with E-state index in [-0.39, 0.29) is 66.9 Å². The second-order valence-corrected chi connectivity index (χ2v) is 20.9. The van der Waals surface area contributed by atoms with Gasteiger partial charge in [0.15, 0.2) is 0 Å². The number of nitrogens with one attached hydrogen (secondary N) is 5. The van der Waals surface area contributed by atoms with Gasteiger partial charge in [0.05, 0.1) is 23.4 Å². The van der Waals surface area contributed by atoms with E-state index in [0.29, 0.717) is 29.8 Å². The predicted molar refractivity (Wildman–Crippen MR) is 262 cm³/mol. The van der Waals surface area contributed by atoms with E-state index < -0.39 is 52.7 Å². The zero-order valence-electron chi connectivity index (χ0n) is 40.5. The molecule has 16 nitrogen and oxygen atoms in total. The van der Waals surface area contributed by atoms with Gasteiger partial charge >= 0.3 is 12.1 Å². The Labute approximate surface area is 404 Å². The van der Waals surface area contributed by atoms with Gasteiger partial charge in [-0.1, -0.05) is 71.7 Å². The molecule has 3 aromatic carbocycles. The van der Waals surface area contributed by atoms with Crippen LogP contribution >= 0.6 is 0 Å². The average Bonchev–Trinajstić information content (AvgIpc) is 3.31. The summed E-state index contributed by atoms with van der Waals surface area (Å²) in [6, 6.07) is 16.3. The third-order valence-corrected chi connectivity index (χ3v) is 16.0. The molecule has 0 saturated heterocycles. The molecule has 4 aliphatic carbocycles. The van der Waals surface area contributed by atoms with Gasteiger partial charge in [-0.3, -0.25) is 34.1 Å². The highest BCUT2D eigenvalue weighted by molar-refractivity contribution is 6.01. The third-order valence-electron chi connectivity index (χ3n) is 16.0. The van der Waals surface area contributed by atoms with Crippen LogP contribution in [0.3, 0.4) is 0 Å². The number of anilines is 3. The number of carbonyl (C=O) groups is 7. The highest BCUT2D eigenvalue weighted by Crippen LogP contribution is 2.58. The van der Waals surface area contributed by atoms with Crippen molar-refractivity contribution in [3.63, 3.8) is 0 Å². The fourth-order valence-electron chi connectivity index (χ4n) is 12.0. The van der Waals surface area contributed by atoms with Crippen LogP contribution in [0.1, 0.15) is 133 Å². The number of hydrogen-bond acceptors (Lipinski definition) is 10. The van der Waals surface area contributed by atoms with Crippen LogP contribution in [0.4, 0.5) is 21.9 Å². The minimum atomic E-state index is -1.24. The first-order chi connectivity index (χ1) is 32.7. The van der Waals surface area contributed by atoms with Gasteiger partial charge in [0.2, 0.25) is 29.5 Å². The quantitative estimate of drug-likeness (QED) is 0.0595. The number of rotatable bonds is 15. The number of benzene rings is 3. The van der Waals surface area contributed by atoms with Crippen molar-refractivity contribution in [2.75, 3.05) is 22.9 Å². The maximum absolute atomic E-state index is 14.6. The SMILES string of the molecule is CC(C)C(N)C(=O)NCC(=O)Nc1ccc(COC(=O)NC(CCC(=O)O)C(=O)Nc2ccc3c(c2)C2CCCC(C)(C(=O)NC(=O)[C@@]4(C)CCCC5(C)c6cc(N)ccc6CCC54)C2CC3)cc1. The summed E-state index contributed by atoms with van der Waals surface area (Å²) in [6.45, 7) is 9.48. The maximum atomic E-state index is 14.6. The molecule has 370 valence electrons. The van der Waals surface area contributed by atoms with Crippen molar-refractivity contribution >= 4 is 58.7 Å². The molecule has 10 N–H and O–H groups in total. The molecule has 4 aliphatic rings. The topological polar surface area (TPSA) is 261 Å². The Morgan fingerprint density at radius 3 is 2.19 bits per heavy atom. The summed E-state index contributed by atoms with van der Waals surface area (Å²) in [6.07, 6.45) is 6.53. The first-order valence-corrected chi connectivity index (χ1v) is 24.5. The Kier molecular flexibility index (Phi) is 15.2. The van der Waals surface area contributed by atoms with E-state index in [2.05, 4.69) is 45.6 Å². The number of carboxylic acid groups (broad SMARTS) is 1. The van der Waals surface area contributed by atoms with Crippen LogP contribution in [0.15, 0.2) is 60.7 Å². The van der Waals surface area contributed by atoms with Gasteiger partial charge in [-0.15, -0.1) is 0 Å². The molecule has 6 amide bonds. The van der Waals surface area contributed by atoms with Gasteiger partial charge in [0.1, 0.15) is 12.6 Å². The molecule has 0 radical (unpaired) electrons. The third kappa shape index (κ3) is 11.0. The second kappa shape index (κ2) is 20.7. The summed E-state index contributed by atoms with van der Waals surface area (Å²) < 4.78 is 5.39. The molecule has 7 unspecified atom stereocenters.